The highest BCUT2D eigenvalue weighted by molar-refractivity contribution is 6.35. The lowest BCUT2D eigenvalue weighted by Crippen LogP contribution is -2.07. The molecule has 0 saturated carbocycles. The predicted octanol–water partition coefficient (Wildman–Crippen LogP) is 1.86. The van der Waals surface area contributed by atoms with Crippen molar-refractivity contribution >= 4 is 15.5 Å². The van der Waals surface area contributed by atoms with Crippen LogP contribution in [-0.2, 0) is 14.3 Å². The van der Waals surface area contributed by atoms with Gasteiger partial charge in [0, 0.05) is 18.9 Å². The number of unbranched alkanes of at least 4 members (excludes halogenated alkanes) is 2. The van der Waals surface area contributed by atoms with Crippen molar-refractivity contribution in [2.75, 3.05) is 19.4 Å². The monoisotopic (exact) mass is 244 g/mol. The summed E-state index contributed by atoms with van der Waals surface area (Å²) in [5.74, 6) is -0.322. The van der Waals surface area contributed by atoms with Gasteiger partial charge in [0.1, 0.15) is 0 Å². The van der Waals surface area contributed by atoms with Crippen molar-refractivity contribution in [2.24, 2.45) is 0 Å². The lowest BCUT2D eigenvalue weighted by atomic mass is 10.3. The van der Waals surface area contributed by atoms with Crippen LogP contribution in [0.3, 0.4) is 0 Å². The Labute approximate surface area is 101 Å². The minimum Gasteiger partial charge on any atom is -0.463 e. The molecule has 0 unspecified atom stereocenters. The topological polar surface area (TPSA) is 35.5 Å². The summed E-state index contributed by atoms with van der Waals surface area (Å²) in [6.45, 7) is 6.96. The van der Waals surface area contributed by atoms with E-state index in [0.29, 0.717) is 6.61 Å². The van der Waals surface area contributed by atoms with Crippen LogP contribution in [0.4, 0.5) is 0 Å². The normalized spacial score (nSPS) is 10.8. The van der Waals surface area contributed by atoms with Gasteiger partial charge in [-0.1, -0.05) is 32.4 Å². The molecule has 0 fully saturated rings. The molecule has 0 aliphatic rings. The van der Waals surface area contributed by atoms with E-state index >= 15 is 0 Å². The van der Waals surface area contributed by atoms with Gasteiger partial charge in [0.2, 0.25) is 0 Å². The van der Waals surface area contributed by atoms with E-state index in [-0.39, 0.29) is 15.5 Å². The molecule has 16 heavy (non-hydrogen) atoms. The maximum atomic E-state index is 10.7. The second-order valence-electron chi connectivity index (χ2n) is 3.75. The van der Waals surface area contributed by atoms with Crippen molar-refractivity contribution in [1.82, 2.24) is 0 Å². The highest BCUT2D eigenvalue weighted by atomic mass is 28.2. The molecule has 0 saturated heterocycles. The zero-order chi connectivity index (χ0) is 12.1. The Morgan fingerprint density at radius 1 is 1.31 bits per heavy atom. The van der Waals surface area contributed by atoms with Crippen LogP contribution in [-0.4, -0.2) is 34.9 Å². The molecule has 0 rings (SSSR count). The van der Waals surface area contributed by atoms with Crippen LogP contribution in [0.5, 0.6) is 0 Å². The van der Waals surface area contributed by atoms with E-state index in [9.17, 15) is 4.79 Å². The lowest BCUT2D eigenvalue weighted by Gasteiger charge is -2.03. The molecule has 94 valence electrons. The largest absolute Gasteiger partial charge is 0.463 e. The molecule has 0 aliphatic heterocycles. The fourth-order valence-electron chi connectivity index (χ4n) is 1.27. The zero-order valence-electron chi connectivity index (χ0n) is 10.4. The predicted molar refractivity (Wildman–Crippen MR) is 69.5 cm³/mol. The summed E-state index contributed by atoms with van der Waals surface area (Å²) < 4.78 is 10.4. The van der Waals surface area contributed by atoms with Gasteiger partial charge in [0.15, 0.2) is 0 Å². The summed E-state index contributed by atoms with van der Waals surface area (Å²) in [6, 6.07) is 1.18. The summed E-state index contributed by atoms with van der Waals surface area (Å²) in [5.41, 5.74) is 0. The van der Waals surface area contributed by atoms with Crippen LogP contribution in [0, 0.1) is 0 Å². The molecule has 3 nitrogen and oxygen atoms in total. The molecule has 0 amide bonds. The fraction of sp³-hybridized carbons (Fsp3) is 0.750. The molecule has 0 aromatic rings. The van der Waals surface area contributed by atoms with Gasteiger partial charge in [0.25, 0.3) is 0 Å². The first-order chi connectivity index (χ1) is 7.81. The SMILES string of the molecule is C=CC(=O)OCCC[SiH2]COCCCCC. The van der Waals surface area contributed by atoms with E-state index in [0.717, 1.165) is 19.3 Å². The number of ether oxygens (including phenoxy) is 2. The van der Waals surface area contributed by atoms with Gasteiger partial charge in [-0.3, -0.25) is 0 Å². The summed E-state index contributed by atoms with van der Waals surface area (Å²) in [4.78, 5) is 10.7. The van der Waals surface area contributed by atoms with E-state index in [4.69, 9.17) is 9.47 Å². The number of esters is 1. The van der Waals surface area contributed by atoms with Crippen LogP contribution >= 0.6 is 0 Å². The molecule has 0 bridgehead atoms. The molecule has 0 N–H and O–H groups in total. The van der Waals surface area contributed by atoms with Gasteiger partial charge in [-0.05, 0) is 12.8 Å². The van der Waals surface area contributed by atoms with E-state index in [1.807, 2.05) is 0 Å². The number of hydrogen-bond acceptors (Lipinski definition) is 3. The number of carbonyl (C=O) groups is 1. The second kappa shape index (κ2) is 12.5. The Bertz CT molecular complexity index is 183. The molecule has 4 heteroatoms. The fourth-order valence-corrected chi connectivity index (χ4v) is 2.44. The highest BCUT2D eigenvalue weighted by Gasteiger charge is 1.95. The Morgan fingerprint density at radius 3 is 2.81 bits per heavy atom. The molecule has 0 radical (unpaired) electrons. The minimum atomic E-state index is -0.322. The summed E-state index contributed by atoms with van der Waals surface area (Å²) in [5, 5.41) is 0. The minimum absolute atomic E-state index is 0.113. The van der Waals surface area contributed by atoms with Gasteiger partial charge in [0.05, 0.1) is 16.1 Å². The van der Waals surface area contributed by atoms with Crippen LogP contribution in [0.25, 0.3) is 0 Å². The smallest absolute Gasteiger partial charge is 0.330 e. The first kappa shape index (κ1) is 15.4. The van der Waals surface area contributed by atoms with Crippen LogP contribution in [0.2, 0.25) is 6.04 Å². The third-order valence-corrected chi connectivity index (χ3v) is 3.81. The summed E-state index contributed by atoms with van der Waals surface area (Å²) in [7, 11) is -0.113. The number of carbonyl (C=O) groups excluding carboxylic acids is 1. The third-order valence-electron chi connectivity index (χ3n) is 2.24. The molecule has 0 spiro atoms. The average Bonchev–Trinajstić information content (AvgIpc) is 2.31. The standard InChI is InChI=1S/C12H24O3Si/c1-3-5-6-8-14-11-16-10-7-9-15-12(13)4-2/h4H,2-3,5-11,16H2,1H3. The van der Waals surface area contributed by atoms with Crippen molar-refractivity contribution in [3.63, 3.8) is 0 Å². The van der Waals surface area contributed by atoms with Gasteiger partial charge < -0.3 is 9.47 Å². The van der Waals surface area contributed by atoms with Crippen LogP contribution < -0.4 is 0 Å². The first-order valence-electron chi connectivity index (χ1n) is 6.18. The highest BCUT2D eigenvalue weighted by Crippen LogP contribution is 1.95. The number of rotatable bonds is 11. The Balaban J connectivity index is 2.98. The zero-order valence-corrected chi connectivity index (χ0v) is 11.8. The van der Waals surface area contributed by atoms with Crippen molar-refractivity contribution < 1.29 is 14.3 Å². The molecular weight excluding hydrogens is 220 g/mol. The van der Waals surface area contributed by atoms with Crippen molar-refractivity contribution in [1.29, 1.82) is 0 Å². The van der Waals surface area contributed by atoms with Crippen molar-refractivity contribution in [3.05, 3.63) is 12.7 Å². The second-order valence-corrected chi connectivity index (χ2v) is 5.57. The maximum Gasteiger partial charge on any atom is 0.330 e. The van der Waals surface area contributed by atoms with Gasteiger partial charge in [-0.15, -0.1) is 0 Å². The van der Waals surface area contributed by atoms with Crippen LogP contribution in [0.15, 0.2) is 12.7 Å². The quantitative estimate of drug-likeness (QED) is 0.241. The number of hydrogen-bond donors (Lipinski definition) is 0. The van der Waals surface area contributed by atoms with Crippen molar-refractivity contribution in [3.8, 4) is 0 Å². The molecule has 0 atom stereocenters. The molecule has 0 heterocycles. The Hall–Kier alpha value is -0.613. The van der Waals surface area contributed by atoms with E-state index in [1.165, 1.54) is 31.4 Å². The van der Waals surface area contributed by atoms with E-state index in [2.05, 4.69) is 13.5 Å². The van der Waals surface area contributed by atoms with Gasteiger partial charge >= 0.3 is 5.97 Å². The third kappa shape index (κ3) is 11.5. The maximum absolute atomic E-state index is 10.7. The lowest BCUT2D eigenvalue weighted by molar-refractivity contribution is -0.137. The van der Waals surface area contributed by atoms with Crippen molar-refractivity contribution in [2.45, 2.75) is 38.7 Å². The summed E-state index contributed by atoms with van der Waals surface area (Å²) in [6.07, 6.45) is 6.81. The Morgan fingerprint density at radius 2 is 2.12 bits per heavy atom. The summed E-state index contributed by atoms with van der Waals surface area (Å²) >= 11 is 0. The molecule has 0 aliphatic carbocycles. The van der Waals surface area contributed by atoms with Gasteiger partial charge in [-0.2, -0.15) is 0 Å². The van der Waals surface area contributed by atoms with E-state index < -0.39 is 0 Å². The Kier molecular flexibility index (Phi) is 12.0. The molecular formula is C12H24O3Si. The molecule has 0 aromatic carbocycles. The first-order valence-corrected chi connectivity index (χ1v) is 8.18. The van der Waals surface area contributed by atoms with Gasteiger partial charge in [-0.25, -0.2) is 4.79 Å². The average molecular weight is 244 g/mol. The van der Waals surface area contributed by atoms with E-state index in [1.54, 1.807) is 0 Å². The molecule has 0 aromatic heterocycles. The van der Waals surface area contributed by atoms with Crippen LogP contribution in [0.1, 0.15) is 32.6 Å².